The molecular formula is C20H16. The van der Waals surface area contributed by atoms with Gasteiger partial charge in [-0.25, -0.2) is 0 Å². The number of fused-ring (bicyclic) bond motifs is 3. The molecule has 0 spiro atoms. The number of hydrogen-bond donors (Lipinski definition) is 0. The normalized spacial score (nSPS) is 13.3. The van der Waals surface area contributed by atoms with E-state index >= 15 is 0 Å². The zero-order valence-electron chi connectivity index (χ0n) is 11.6. The third-order valence-electron chi connectivity index (χ3n) is 4.13. The molecule has 0 amide bonds. The van der Waals surface area contributed by atoms with Crippen molar-refractivity contribution in [3.8, 4) is 11.1 Å². The Kier molecular flexibility index (Phi) is 2.50. The Hall–Kier alpha value is -2.34. The largest absolute Gasteiger partial charge is 0.0683 e. The van der Waals surface area contributed by atoms with Crippen LogP contribution >= 0.6 is 0 Å². The van der Waals surface area contributed by atoms with Gasteiger partial charge in [-0.2, -0.15) is 0 Å². The molecule has 96 valence electrons. The van der Waals surface area contributed by atoms with E-state index in [-0.39, 0.29) is 0 Å². The van der Waals surface area contributed by atoms with Crippen LogP contribution in [0.1, 0.15) is 18.1 Å². The Labute approximate surface area is 119 Å². The Morgan fingerprint density at radius 3 is 2.45 bits per heavy atom. The molecule has 0 unspecified atom stereocenters. The lowest BCUT2D eigenvalue weighted by molar-refractivity contribution is 1.20. The minimum absolute atomic E-state index is 1.07. The topological polar surface area (TPSA) is 0 Å². The van der Waals surface area contributed by atoms with E-state index in [0.717, 1.165) is 6.42 Å². The van der Waals surface area contributed by atoms with Gasteiger partial charge in [-0.1, -0.05) is 66.2 Å². The molecule has 0 heterocycles. The first-order valence-electron chi connectivity index (χ1n) is 7.10. The molecule has 4 rings (SSSR count). The van der Waals surface area contributed by atoms with Crippen LogP contribution in [0.5, 0.6) is 0 Å². The summed E-state index contributed by atoms with van der Waals surface area (Å²) in [5.74, 6) is 0. The molecule has 0 aliphatic heterocycles. The third kappa shape index (κ3) is 1.69. The minimum Gasteiger partial charge on any atom is -0.0683 e. The molecule has 1 aliphatic rings. The first-order valence-corrected chi connectivity index (χ1v) is 7.10. The Balaban J connectivity index is 2.08. The Morgan fingerprint density at radius 2 is 1.60 bits per heavy atom. The molecule has 0 N–H and O–H groups in total. The first-order chi connectivity index (χ1) is 9.83. The predicted molar refractivity (Wildman–Crippen MR) is 86.7 cm³/mol. The van der Waals surface area contributed by atoms with Crippen molar-refractivity contribution in [2.45, 2.75) is 13.3 Å². The van der Waals surface area contributed by atoms with Gasteiger partial charge in [-0.3, -0.25) is 0 Å². The molecule has 0 heteroatoms. The fraction of sp³-hybridized carbons (Fsp3) is 0.100. The molecule has 0 atom stereocenters. The van der Waals surface area contributed by atoms with Crippen molar-refractivity contribution in [3.05, 3.63) is 77.4 Å². The summed E-state index contributed by atoms with van der Waals surface area (Å²) in [4.78, 5) is 0. The van der Waals surface area contributed by atoms with E-state index in [1.807, 2.05) is 0 Å². The van der Waals surface area contributed by atoms with Crippen molar-refractivity contribution >= 4 is 16.8 Å². The number of benzene rings is 3. The quantitative estimate of drug-likeness (QED) is 0.542. The van der Waals surface area contributed by atoms with Gasteiger partial charge in [0.15, 0.2) is 0 Å². The monoisotopic (exact) mass is 256 g/mol. The fourth-order valence-electron chi connectivity index (χ4n) is 3.23. The Morgan fingerprint density at radius 1 is 0.850 bits per heavy atom. The SMILES string of the molecule is CC1=Cc2c(c(-c3ccccc3)cc3ccccc23)C1. The molecule has 20 heavy (non-hydrogen) atoms. The highest BCUT2D eigenvalue weighted by molar-refractivity contribution is 5.98. The third-order valence-corrected chi connectivity index (χ3v) is 4.13. The maximum absolute atomic E-state index is 2.35. The summed E-state index contributed by atoms with van der Waals surface area (Å²) in [6, 6.07) is 21.8. The highest BCUT2D eigenvalue weighted by Gasteiger charge is 2.17. The number of rotatable bonds is 1. The molecular weight excluding hydrogens is 240 g/mol. The van der Waals surface area contributed by atoms with Gasteiger partial charge in [0.1, 0.15) is 0 Å². The van der Waals surface area contributed by atoms with Crippen molar-refractivity contribution in [3.63, 3.8) is 0 Å². The molecule has 0 saturated heterocycles. The minimum atomic E-state index is 1.07. The zero-order valence-corrected chi connectivity index (χ0v) is 11.6. The second-order valence-corrected chi connectivity index (χ2v) is 5.57. The van der Waals surface area contributed by atoms with E-state index in [1.165, 1.54) is 38.6 Å². The predicted octanol–water partition coefficient (Wildman–Crippen LogP) is 5.47. The lowest BCUT2D eigenvalue weighted by atomic mass is 9.91. The van der Waals surface area contributed by atoms with Gasteiger partial charge < -0.3 is 0 Å². The fourth-order valence-corrected chi connectivity index (χ4v) is 3.23. The van der Waals surface area contributed by atoms with Gasteiger partial charge in [-0.15, -0.1) is 0 Å². The van der Waals surface area contributed by atoms with Crippen molar-refractivity contribution in [2.24, 2.45) is 0 Å². The molecule has 3 aromatic rings. The van der Waals surface area contributed by atoms with Gasteiger partial charge >= 0.3 is 0 Å². The lowest BCUT2D eigenvalue weighted by Crippen LogP contribution is -1.91. The number of allylic oxidation sites excluding steroid dienone is 1. The van der Waals surface area contributed by atoms with Crippen LogP contribution in [0.2, 0.25) is 0 Å². The average molecular weight is 256 g/mol. The second kappa shape index (κ2) is 4.35. The van der Waals surface area contributed by atoms with Crippen LogP contribution in [0.25, 0.3) is 28.0 Å². The van der Waals surface area contributed by atoms with E-state index in [1.54, 1.807) is 0 Å². The molecule has 0 bridgehead atoms. The van der Waals surface area contributed by atoms with Crippen LogP contribution in [-0.2, 0) is 6.42 Å². The molecule has 0 aromatic heterocycles. The van der Waals surface area contributed by atoms with Gasteiger partial charge in [0.05, 0.1) is 0 Å². The number of hydrogen-bond acceptors (Lipinski definition) is 0. The van der Waals surface area contributed by atoms with Crippen molar-refractivity contribution in [2.75, 3.05) is 0 Å². The summed E-state index contributed by atoms with van der Waals surface area (Å²) in [5.41, 5.74) is 7.05. The molecule has 0 fully saturated rings. The molecule has 0 radical (unpaired) electrons. The van der Waals surface area contributed by atoms with E-state index in [4.69, 9.17) is 0 Å². The summed E-state index contributed by atoms with van der Waals surface area (Å²) in [5, 5.41) is 2.70. The highest BCUT2D eigenvalue weighted by atomic mass is 14.2. The van der Waals surface area contributed by atoms with Crippen LogP contribution in [0.3, 0.4) is 0 Å². The maximum Gasteiger partial charge on any atom is -0.00542 e. The van der Waals surface area contributed by atoms with E-state index in [0.29, 0.717) is 0 Å². The zero-order chi connectivity index (χ0) is 13.5. The van der Waals surface area contributed by atoms with E-state index in [9.17, 15) is 0 Å². The standard InChI is InChI=1S/C20H16/c1-14-11-19-17-10-6-5-9-16(17)13-18(20(19)12-14)15-7-3-2-4-8-15/h2-11,13H,12H2,1H3. The summed E-state index contributed by atoms with van der Waals surface area (Å²) in [6.07, 6.45) is 3.43. The summed E-state index contributed by atoms with van der Waals surface area (Å²) in [7, 11) is 0. The smallest absolute Gasteiger partial charge is 0.00542 e. The van der Waals surface area contributed by atoms with Gasteiger partial charge in [0.25, 0.3) is 0 Å². The second-order valence-electron chi connectivity index (χ2n) is 5.57. The van der Waals surface area contributed by atoms with Crippen molar-refractivity contribution in [1.29, 1.82) is 0 Å². The Bertz CT molecular complexity index is 823. The van der Waals surface area contributed by atoms with E-state index < -0.39 is 0 Å². The van der Waals surface area contributed by atoms with Crippen LogP contribution in [0.15, 0.2) is 66.2 Å². The van der Waals surface area contributed by atoms with Crippen LogP contribution in [0.4, 0.5) is 0 Å². The van der Waals surface area contributed by atoms with Crippen LogP contribution in [0, 0.1) is 0 Å². The van der Waals surface area contributed by atoms with Crippen molar-refractivity contribution in [1.82, 2.24) is 0 Å². The van der Waals surface area contributed by atoms with Gasteiger partial charge in [0, 0.05) is 0 Å². The lowest BCUT2D eigenvalue weighted by Gasteiger charge is -2.12. The van der Waals surface area contributed by atoms with Gasteiger partial charge in [-0.05, 0) is 52.4 Å². The molecule has 3 aromatic carbocycles. The molecule has 0 nitrogen and oxygen atoms in total. The van der Waals surface area contributed by atoms with E-state index in [2.05, 4.69) is 73.7 Å². The average Bonchev–Trinajstić information content (AvgIpc) is 2.89. The maximum atomic E-state index is 2.35. The molecule has 0 saturated carbocycles. The summed E-state index contributed by atoms with van der Waals surface area (Å²) in [6.45, 7) is 2.23. The van der Waals surface area contributed by atoms with Gasteiger partial charge in [0.2, 0.25) is 0 Å². The van der Waals surface area contributed by atoms with Crippen LogP contribution in [-0.4, -0.2) is 0 Å². The summed E-state index contributed by atoms with van der Waals surface area (Å²) < 4.78 is 0. The highest BCUT2D eigenvalue weighted by Crippen LogP contribution is 2.38. The first kappa shape index (κ1) is 11.5. The van der Waals surface area contributed by atoms with Crippen LogP contribution < -0.4 is 0 Å². The molecule has 1 aliphatic carbocycles. The summed E-state index contributed by atoms with van der Waals surface area (Å²) >= 11 is 0. The van der Waals surface area contributed by atoms with Crippen molar-refractivity contribution < 1.29 is 0 Å².